The van der Waals surface area contributed by atoms with Gasteiger partial charge in [-0.25, -0.2) is 19.2 Å². The molecule has 0 saturated carbocycles. The van der Waals surface area contributed by atoms with E-state index in [0.717, 1.165) is 13.1 Å². The third-order valence-corrected chi connectivity index (χ3v) is 6.30. The average molecular weight is 563 g/mol. The third kappa shape index (κ3) is 10.2. The predicted octanol–water partition coefficient (Wildman–Crippen LogP) is 3.48. The summed E-state index contributed by atoms with van der Waals surface area (Å²) in [6.07, 6.45) is -3.17. The molecule has 10 nitrogen and oxygen atoms in total. The van der Waals surface area contributed by atoms with Crippen molar-refractivity contribution in [3.05, 3.63) is 108 Å². The third-order valence-electron chi connectivity index (χ3n) is 6.30. The molecule has 1 aliphatic rings. The zero-order valence-corrected chi connectivity index (χ0v) is 22.7. The van der Waals surface area contributed by atoms with Crippen molar-refractivity contribution in [2.45, 2.75) is 38.1 Å². The Labute approximate surface area is 238 Å². The summed E-state index contributed by atoms with van der Waals surface area (Å²) in [7, 11) is 0. The van der Waals surface area contributed by atoms with Crippen LogP contribution in [-0.4, -0.2) is 76.9 Å². The number of carboxylic acid groups (broad SMARTS) is 2. The second-order valence-corrected chi connectivity index (χ2v) is 9.47. The van der Waals surface area contributed by atoms with Gasteiger partial charge in [-0.15, -0.1) is 0 Å². The van der Waals surface area contributed by atoms with E-state index in [-0.39, 0.29) is 11.1 Å². The Bertz CT molecular complexity index is 1200. The minimum Gasteiger partial charge on any atom is -0.478 e. The number of carboxylic acids is 2. The molecule has 0 radical (unpaired) electrons. The highest BCUT2D eigenvalue weighted by molar-refractivity contribution is 5.95. The number of benzene rings is 3. The van der Waals surface area contributed by atoms with Crippen LogP contribution in [0.2, 0.25) is 0 Å². The lowest BCUT2D eigenvalue weighted by atomic mass is 10.1. The van der Waals surface area contributed by atoms with Crippen LogP contribution >= 0.6 is 0 Å². The lowest BCUT2D eigenvalue weighted by molar-refractivity contribution is -0.166. The zero-order valence-electron chi connectivity index (χ0n) is 22.7. The van der Waals surface area contributed by atoms with Crippen LogP contribution < -0.4 is 5.32 Å². The van der Waals surface area contributed by atoms with E-state index < -0.39 is 36.1 Å². The summed E-state index contributed by atoms with van der Waals surface area (Å²) in [5, 5.41) is 22.0. The second-order valence-electron chi connectivity index (χ2n) is 9.47. The largest absolute Gasteiger partial charge is 0.478 e. The number of aliphatic carboxylic acids is 2. The molecule has 3 atom stereocenters. The molecule has 0 aromatic heterocycles. The van der Waals surface area contributed by atoms with Crippen LogP contribution in [0.1, 0.15) is 39.6 Å². The Balaban J connectivity index is 0.000000260. The first-order valence-electron chi connectivity index (χ1n) is 13.2. The van der Waals surface area contributed by atoms with Crippen molar-refractivity contribution >= 4 is 23.9 Å². The smallest absolute Gasteiger partial charge is 0.349 e. The molecule has 10 heteroatoms. The maximum absolute atomic E-state index is 12.0. The monoisotopic (exact) mass is 562 g/mol. The van der Waals surface area contributed by atoms with E-state index in [4.69, 9.17) is 9.47 Å². The molecule has 1 heterocycles. The fourth-order valence-corrected chi connectivity index (χ4v) is 4.06. The highest BCUT2D eigenvalue weighted by Crippen LogP contribution is 2.13. The minimum absolute atomic E-state index is 0.0253. The maximum Gasteiger partial charge on any atom is 0.349 e. The first-order valence-corrected chi connectivity index (χ1v) is 13.2. The molecular formula is C31H34N2O8. The lowest BCUT2D eigenvalue weighted by Gasteiger charge is -2.21. The standard InChI is InChI=1S/C18H14O8.C13H20N2/c19-15(20)13(25-17(23)11-7-3-1-4-8-11)14(16(21)22)26-18(24)12-9-5-2-6-10-12;1-12-7-9-15(10-8-14-12)11-13-5-3-2-4-6-13/h1-10,13-14H,(H,19,20)(H,21,22);2-6,12,14H,7-11H2,1H3/t13-,14-;12-/m01/s1. The molecule has 3 aromatic carbocycles. The molecule has 0 aliphatic carbocycles. The molecule has 0 amide bonds. The highest BCUT2D eigenvalue weighted by Gasteiger charge is 2.41. The maximum atomic E-state index is 12.0. The molecule has 3 N–H and O–H groups in total. The zero-order chi connectivity index (χ0) is 29.6. The van der Waals surface area contributed by atoms with Crippen LogP contribution in [0, 0.1) is 0 Å². The number of rotatable bonds is 9. The molecule has 216 valence electrons. The molecule has 4 rings (SSSR count). The quantitative estimate of drug-likeness (QED) is 0.332. The summed E-state index contributed by atoms with van der Waals surface area (Å²) < 4.78 is 9.52. The van der Waals surface area contributed by atoms with E-state index >= 15 is 0 Å². The summed E-state index contributed by atoms with van der Waals surface area (Å²) in [5.41, 5.74) is 1.47. The van der Waals surface area contributed by atoms with Crippen LogP contribution in [0.15, 0.2) is 91.0 Å². The molecule has 0 unspecified atom stereocenters. The van der Waals surface area contributed by atoms with Gasteiger partial charge in [-0.3, -0.25) is 4.90 Å². The number of carbonyl (C=O) groups is 4. The summed E-state index contributed by atoms with van der Waals surface area (Å²) in [4.78, 5) is 49.4. The van der Waals surface area contributed by atoms with Crippen molar-refractivity contribution in [2.75, 3.05) is 19.6 Å². The fourth-order valence-electron chi connectivity index (χ4n) is 4.06. The Hall–Kier alpha value is -4.54. The van der Waals surface area contributed by atoms with Crippen molar-refractivity contribution in [3.8, 4) is 0 Å². The lowest BCUT2D eigenvalue weighted by Crippen LogP contribution is -2.45. The number of esters is 2. The van der Waals surface area contributed by atoms with Gasteiger partial charge in [0, 0.05) is 32.2 Å². The van der Waals surface area contributed by atoms with Crippen molar-refractivity contribution in [1.29, 1.82) is 0 Å². The van der Waals surface area contributed by atoms with Gasteiger partial charge in [0.1, 0.15) is 0 Å². The van der Waals surface area contributed by atoms with Gasteiger partial charge >= 0.3 is 23.9 Å². The van der Waals surface area contributed by atoms with Crippen LogP contribution in [0.3, 0.4) is 0 Å². The normalized spacial score (nSPS) is 16.6. The summed E-state index contributed by atoms with van der Waals surface area (Å²) >= 11 is 0. The van der Waals surface area contributed by atoms with Gasteiger partial charge in [0.25, 0.3) is 0 Å². The van der Waals surface area contributed by atoms with E-state index in [1.165, 1.54) is 73.6 Å². The number of hydrogen-bond acceptors (Lipinski definition) is 8. The van der Waals surface area contributed by atoms with Gasteiger partial charge in [0.15, 0.2) is 0 Å². The number of nitrogens with zero attached hydrogens (tertiary/aromatic N) is 1. The molecule has 41 heavy (non-hydrogen) atoms. The Morgan fingerprint density at radius 2 is 1.20 bits per heavy atom. The van der Waals surface area contributed by atoms with E-state index in [2.05, 4.69) is 47.5 Å². The topological polar surface area (TPSA) is 142 Å². The average Bonchev–Trinajstić information content (AvgIpc) is 3.19. The Morgan fingerprint density at radius 1 is 0.756 bits per heavy atom. The SMILES string of the molecule is C[C@@H]1CCN(Cc2ccccc2)CCN1.O=C(O[C@H](C(=O)O)[C@H](OC(=O)c1ccccc1)C(=O)O)c1ccccc1. The number of hydrogen-bond donors (Lipinski definition) is 3. The summed E-state index contributed by atoms with van der Waals surface area (Å²) in [6, 6.07) is 26.2. The summed E-state index contributed by atoms with van der Waals surface area (Å²) in [5.74, 6) is -5.63. The van der Waals surface area contributed by atoms with E-state index in [1.807, 2.05) is 0 Å². The molecule has 1 aliphatic heterocycles. The molecule has 1 fully saturated rings. The van der Waals surface area contributed by atoms with Gasteiger partial charge in [-0.1, -0.05) is 66.7 Å². The van der Waals surface area contributed by atoms with Gasteiger partial charge in [0.2, 0.25) is 12.2 Å². The number of nitrogens with one attached hydrogen (secondary N) is 1. The molecular weight excluding hydrogens is 528 g/mol. The van der Waals surface area contributed by atoms with Crippen molar-refractivity contribution in [3.63, 3.8) is 0 Å². The minimum atomic E-state index is -2.21. The molecule has 0 bridgehead atoms. The molecule has 3 aromatic rings. The first-order chi connectivity index (χ1) is 19.7. The first kappa shape index (κ1) is 31.0. The summed E-state index contributed by atoms with van der Waals surface area (Å²) in [6.45, 7) is 6.86. The van der Waals surface area contributed by atoms with Crippen LogP contribution in [0.25, 0.3) is 0 Å². The Morgan fingerprint density at radius 3 is 1.63 bits per heavy atom. The van der Waals surface area contributed by atoms with Crippen molar-refractivity contribution < 1.29 is 38.9 Å². The van der Waals surface area contributed by atoms with Gasteiger partial charge in [-0.05, 0) is 43.2 Å². The van der Waals surface area contributed by atoms with Crippen LogP contribution in [0.4, 0.5) is 0 Å². The van der Waals surface area contributed by atoms with Crippen molar-refractivity contribution in [1.82, 2.24) is 10.2 Å². The van der Waals surface area contributed by atoms with Crippen molar-refractivity contribution in [2.24, 2.45) is 0 Å². The number of ether oxygens (including phenoxy) is 2. The van der Waals surface area contributed by atoms with Crippen LogP contribution in [0.5, 0.6) is 0 Å². The van der Waals surface area contributed by atoms with E-state index in [1.54, 1.807) is 12.1 Å². The van der Waals surface area contributed by atoms with Gasteiger partial charge in [-0.2, -0.15) is 0 Å². The molecule has 1 saturated heterocycles. The van der Waals surface area contributed by atoms with Gasteiger partial charge in [0.05, 0.1) is 11.1 Å². The van der Waals surface area contributed by atoms with Gasteiger partial charge < -0.3 is 25.0 Å². The van der Waals surface area contributed by atoms with Crippen LogP contribution in [-0.2, 0) is 25.6 Å². The number of carbonyl (C=O) groups excluding carboxylic acids is 2. The molecule has 0 spiro atoms. The highest BCUT2D eigenvalue weighted by atomic mass is 16.6. The van der Waals surface area contributed by atoms with E-state index in [0.29, 0.717) is 6.04 Å². The fraction of sp³-hybridized carbons (Fsp3) is 0.290. The predicted molar refractivity (Wildman–Crippen MR) is 150 cm³/mol. The second kappa shape index (κ2) is 15.9. The Kier molecular flexibility index (Phi) is 12.0. The van der Waals surface area contributed by atoms with E-state index in [9.17, 15) is 29.4 Å².